The molecule has 4 aromatic carbocycles. The van der Waals surface area contributed by atoms with Gasteiger partial charge in [0.1, 0.15) is 0 Å². The van der Waals surface area contributed by atoms with Gasteiger partial charge in [-0.05, 0) is 5.39 Å². The minimum absolute atomic E-state index is 0. The van der Waals surface area contributed by atoms with Gasteiger partial charge in [-0.3, -0.25) is 0 Å². The van der Waals surface area contributed by atoms with Crippen LogP contribution in [0.15, 0.2) is 54.6 Å². The Morgan fingerprint density at radius 3 is 2.12 bits per heavy atom. The zero-order valence-corrected chi connectivity index (χ0v) is 9.70. The van der Waals surface area contributed by atoms with E-state index >= 15 is 0 Å². The van der Waals surface area contributed by atoms with Crippen LogP contribution in [-0.2, 0) is 0 Å². The molecule has 0 spiro atoms. The van der Waals surface area contributed by atoms with Gasteiger partial charge in [-0.1, -0.05) is 57.9 Å². The molecule has 0 unspecified atom stereocenters. The molecule has 0 aliphatic rings. The van der Waals surface area contributed by atoms with E-state index in [1.165, 1.54) is 32.3 Å². The molecule has 0 amide bonds. The fourth-order valence-corrected chi connectivity index (χ4v) is 2.58. The van der Waals surface area contributed by atoms with Gasteiger partial charge >= 0.3 is 18.9 Å². The zero-order valence-electron chi connectivity index (χ0n) is 9.70. The first-order chi connectivity index (χ1) is 7.93. The molecule has 1 heteroatoms. The van der Waals surface area contributed by atoms with Gasteiger partial charge in [-0.25, -0.2) is 0 Å². The van der Waals surface area contributed by atoms with E-state index in [0.717, 1.165) is 0 Å². The standard InChI is InChI=1S/C16H9.Li/c1-3-11-7-9-13-5-2-6-14-10-8-12(4-1)15(11)16(13)14;/h1-9H;/q-1;+1. The van der Waals surface area contributed by atoms with Gasteiger partial charge < -0.3 is 0 Å². The molecular weight excluding hydrogens is 199 g/mol. The third kappa shape index (κ3) is 1.39. The SMILES string of the molecule is [Li+].[c-]1cc2cccc3ccc4cccc1c4c23. The summed E-state index contributed by atoms with van der Waals surface area (Å²) in [4.78, 5) is 0. The van der Waals surface area contributed by atoms with Gasteiger partial charge in [-0.15, -0.1) is 29.7 Å². The largest absolute Gasteiger partial charge is 1.00 e. The summed E-state index contributed by atoms with van der Waals surface area (Å²) in [5.74, 6) is 0. The van der Waals surface area contributed by atoms with Crippen LogP contribution < -0.4 is 18.9 Å². The monoisotopic (exact) mass is 208 g/mol. The minimum atomic E-state index is 0. The van der Waals surface area contributed by atoms with Crippen LogP contribution in [-0.4, -0.2) is 0 Å². The molecule has 4 rings (SSSR count). The first kappa shape index (κ1) is 10.7. The summed E-state index contributed by atoms with van der Waals surface area (Å²) in [5.41, 5.74) is 0. The van der Waals surface area contributed by atoms with Crippen molar-refractivity contribution in [3.63, 3.8) is 0 Å². The summed E-state index contributed by atoms with van der Waals surface area (Å²) >= 11 is 0. The van der Waals surface area contributed by atoms with Gasteiger partial charge in [0.25, 0.3) is 0 Å². The Kier molecular flexibility index (Phi) is 2.36. The van der Waals surface area contributed by atoms with E-state index in [-0.39, 0.29) is 18.9 Å². The predicted molar refractivity (Wildman–Crippen MR) is 69.0 cm³/mol. The number of rotatable bonds is 0. The normalized spacial score (nSPS) is 11.1. The predicted octanol–water partition coefficient (Wildman–Crippen LogP) is 1.39. The van der Waals surface area contributed by atoms with Crippen molar-refractivity contribution in [1.29, 1.82) is 0 Å². The van der Waals surface area contributed by atoms with Crippen molar-refractivity contribution in [2.75, 3.05) is 0 Å². The van der Waals surface area contributed by atoms with Crippen LogP contribution in [0.2, 0.25) is 0 Å². The third-order valence-corrected chi connectivity index (χ3v) is 3.30. The van der Waals surface area contributed by atoms with E-state index < -0.39 is 0 Å². The Hall–Kier alpha value is -1.48. The van der Waals surface area contributed by atoms with Crippen molar-refractivity contribution in [2.45, 2.75) is 0 Å². The fraction of sp³-hybridized carbons (Fsp3) is 0. The molecule has 0 saturated heterocycles. The second-order valence-electron chi connectivity index (χ2n) is 4.20. The van der Waals surface area contributed by atoms with Crippen molar-refractivity contribution in [1.82, 2.24) is 0 Å². The van der Waals surface area contributed by atoms with E-state index in [1.54, 1.807) is 0 Å². The van der Waals surface area contributed by atoms with E-state index in [4.69, 9.17) is 0 Å². The summed E-state index contributed by atoms with van der Waals surface area (Å²) in [7, 11) is 0. The minimum Gasteiger partial charge on any atom is -0.143 e. The Labute approximate surface area is 112 Å². The Morgan fingerprint density at radius 1 is 0.647 bits per heavy atom. The van der Waals surface area contributed by atoms with Crippen molar-refractivity contribution in [3.05, 3.63) is 60.7 Å². The second-order valence-corrected chi connectivity index (χ2v) is 4.20. The zero-order chi connectivity index (χ0) is 10.5. The van der Waals surface area contributed by atoms with Gasteiger partial charge in [0.05, 0.1) is 0 Å². The van der Waals surface area contributed by atoms with Gasteiger partial charge in [0.15, 0.2) is 0 Å². The smallest absolute Gasteiger partial charge is 0.143 e. The summed E-state index contributed by atoms with van der Waals surface area (Å²) in [6, 6.07) is 22.7. The van der Waals surface area contributed by atoms with Gasteiger partial charge in [0.2, 0.25) is 0 Å². The molecule has 74 valence electrons. The molecular formula is C16H9Li. The molecule has 0 nitrogen and oxygen atoms in total. The van der Waals surface area contributed by atoms with Crippen LogP contribution in [0.25, 0.3) is 32.3 Å². The van der Waals surface area contributed by atoms with Crippen molar-refractivity contribution in [2.24, 2.45) is 0 Å². The molecule has 0 aliphatic heterocycles. The van der Waals surface area contributed by atoms with E-state index in [0.29, 0.717) is 0 Å². The van der Waals surface area contributed by atoms with Crippen molar-refractivity contribution < 1.29 is 18.9 Å². The summed E-state index contributed by atoms with van der Waals surface area (Å²) in [6.07, 6.45) is 0. The Bertz CT molecular complexity index is 672. The van der Waals surface area contributed by atoms with E-state index in [2.05, 4.69) is 60.7 Å². The quantitative estimate of drug-likeness (QED) is 0.233. The van der Waals surface area contributed by atoms with Gasteiger partial charge in [0, 0.05) is 0 Å². The average Bonchev–Trinajstić information content (AvgIpc) is 2.36. The van der Waals surface area contributed by atoms with Crippen LogP contribution in [0, 0.1) is 6.07 Å². The maximum atomic E-state index is 3.36. The Balaban J connectivity index is 0.000000902. The topological polar surface area (TPSA) is 0 Å². The summed E-state index contributed by atoms with van der Waals surface area (Å²) in [6.45, 7) is 0. The van der Waals surface area contributed by atoms with Crippen LogP contribution in [0.5, 0.6) is 0 Å². The van der Waals surface area contributed by atoms with Crippen LogP contribution in [0.3, 0.4) is 0 Å². The summed E-state index contributed by atoms with van der Waals surface area (Å²) in [5, 5.41) is 7.82. The molecule has 0 fully saturated rings. The average molecular weight is 208 g/mol. The van der Waals surface area contributed by atoms with E-state index in [9.17, 15) is 0 Å². The van der Waals surface area contributed by atoms with Crippen molar-refractivity contribution in [3.8, 4) is 0 Å². The molecule has 0 aromatic heterocycles. The maximum Gasteiger partial charge on any atom is 1.00 e. The molecule has 0 N–H and O–H groups in total. The molecule has 0 radical (unpaired) electrons. The molecule has 0 atom stereocenters. The second kappa shape index (κ2) is 3.77. The number of benzene rings is 4. The molecule has 17 heavy (non-hydrogen) atoms. The molecule has 0 saturated carbocycles. The first-order valence-corrected chi connectivity index (χ1v) is 5.48. The van der Waals surface area contributed by atoms with E-state index in [1.807, 2.05) is 0 Å². The molecule has 0 heterocycles. The first-order valence-electron chi connectivity index (χ1n) is 5.48. The molecule has 4 aromatic rings. The fourth-order valence-electron chi connectivity index (χ4n) is 2.58. The molecule has 0 aliphatic carbocycles. The van der Waals surface area contributed by atoms with Crippen LogP contribution in [0.1, 0.15) is 0 Å². The van der Waals surface area contributed by atoms with Gasteiger partial charge in [-0.2, -0.15) is 0 Å². The van der Waals surface area contributed by atoms with Crippen LogP contribution >= 0.6 is 0 Å². The van der Waals surface area contributed by atoms with Crippen LogP contribution in [0.4, 0.5) is 0 Å². The number of hydrogen-bond donors (Lipinski definition) is 0. The third-order valence-electron chi connectivity index (χ3n) is 3.30. The maximum absolute atomic E-state index is 3.36. The molecule has 0 bridgehead atoms. The van der Waals surface area contributed by atoms with Crippen molar-refractivity contribution >= 4 is 32.3 Å². The summed E-state index contributed by atoms with van der Waals surface area (Å²) < 4.78 is 0. The number of hydrogen-bond acceptors (Lipinski definition) is 0. The Morgan fingerprint density at radius 2 is 1.29 bits per heavy atom.